The zero-order chi connectivity index (χ0) is 23.8. The van der Waals surface area contributed by atoms with Crippen LogP contribution in [0, 0.1) is 17.2 Å². The molecular formula is C26H38N4O3. The molecule has 33 heavy (non-hydrogen) atoms. The minimum Gasteiger partial charge on any atom is -0.383 e. The van der Waals surface area contributed by atoms with Crippen LogP contribution in [0.3, 0.4) is 0 Å². The zero-order valence-electron chi connectivity index (χ0n) is 20.7. The van der Waals surface area contributed by atoms with E-state index in [9.17, 15) is 10.1 Å². The number of anilines is 1. The quantitative estimate of drug-likeness (QED) is 0.662. The molecule has 4 rings (SSSR count). The molecule has 7 nitrogen and oxygen atoms in total. The number of nitriles is 1. The van der Waals surface area contributed by atoms with Gasteiger partial charge in [0.2, 0.25) is 0 Å². The Bertz CT molecular complexity index is 932. The summed E-state index contributed by atoms with van der Waals surface area (Å²) in [6, 6.07) is 4.86. The summed E-state index contributed by atoms with van der Waals surface area (Å²) in [6.45, 7) is 12.2. The number of nitrogens with one attached hydrogen (secondary N) is 1. The molecule has 0 aromatic heterocycles. The topological polar surface area (TPSA) is 77.8 Å². The van der Waals surface area contributed by atoms with Gasteiger partial charge in [-0.05, 0) is 61.3 Å². The first kappa shape index (κ1) is 23.8. The highest BCUT2D eigenvalue weighted by atomic mass is 16.5. The second-order valence-electron chi connectivity index (χ2n) is 10.6. The van der Waals surface area contributed by atoms with Crippen molar-refractivity contribution in [3.8, 4) is 6.07 Å². The Labute approximate surface area is 198 Å². The van der Waals surface area contributed by atoms with Crippen molar-refractivity contribution in [2.75, 3.05) is 44.8 Å². The summed E-state index contributed by atoms with van der Waals surface area (Å²) < 4.78 is 11.2. The fourth-order valence-electron chi connectivity index (χ4n) is 5.24. The molecule has 1 N–H and O–H groups in total. The van der Waals surface area contributed by atoms with Crippen LogP contribution in [-0.2, 0) is 22.5 Å². The van der Waals surface area contributed by atoms with E-state index in [2.05, 4.69) is 50.0 Å². The lowest BCUT2D eigenvalue weighted by atomic mass is 9.83. The first-order valence-electron chi connectivity index (χ1n) is 12.3. The molecule has 2 aliphatic heterocycles. The number of urea groups is 1. The number of piperazine rings is 1. The smallest absolute Gasteiger partial charge is 0.317 e. The molecular weight excluding hydrogens is 416 g/mol. The number of benzene rings is 1. The summed E-state index contributed by atoms with van der Waals surface area (Å²) in [7, 11) is 1.64. The van der Waals surface area contributed by atoms with Gasteiger partial charge in [-0.1, -0.05) is 13.8 Å². The molecule has 1 aromatic rings. The third kappa shape index (κ3) is 4.97. The van der Waals surface area contributed by atoms with Crippen LogP contribution in [0.4, 0.5) is 10.5 Å². The Kier molecular flexibility index (Phi) is 6.88. The zero-order valence-corrected chi connectivity index (χ0v) is 20.7. The van der Waals surface area contributed by atoms with Gasteiger partial charge < -0.3 is 24.6 Å². The number of carbonyl (C=O) groups excluding carboxylic acids is 1. The van der Waals surface area contributed by atoms with Crippen molar-refractivity contribution in [1.29, 1.82) is 5.26 Å². The molecule has 0 radical (unpaired) electrons. The molecule has 180 valence electrons. The number of rotatable bonds is 6. The third-order valence-electron chi connectivity index (χ3n) is 7.27. The number of methoxy groups -OCH3 is 1. The van der Waals surface area contributed by atoms with Gasteiger partial charge in [-0.3, -0.25) is 0 Å². The second kappa shape index (κ2) is 9.52. The van der Waals surface area contributed by atoms with E-state index in [4.69, 9.17) is 9.47 Å². The van der Waals surface area contributed by atoms with Gasteiger partial charge in [0.05, 0.1) is 36.1 Å². The average Bonchev–Trinajstić information content (AvgIpc) is 3.62. The van der Waals surface area contributed by atoms with Crippen molar-refractivity contribution in [2.45, 2.75) is 71.1 Å². The summed E-state index contributed by atoms with van der Waals surface area (Å²) in [5, 5.41) is 13.2. The Morgan fingerprint density at radius 2 is 2.09 bits per heavy atom. The van der Waals surface area contributed by atoms with E-state index in [1.807, 2.05) is 4.90 Å². The highest BCUT2D eigenvalue weighted by Crippen LogP contribution is 2.47. The van der Waals surface area contributed by atoms with Crippen LogP contribution in [0.5, 0.6) is 0 Å². The number of nitrogens with zero attached hydrogens (tertiary/aromatic N) is 3. The maximum atomic E-state index is 12.8. The van der Waals surface area contributed by atoms with Crippen LogP contribution in [0.1, 0.15) is 68.7 Å². The Hall–Kier alpha value is -2.30. The molecule has 0 unspecified atom stereocenters. The van der Waals surface area contributed by atoms with E-state index < -0.39 is 0 Å². The van der Waals surface area contributed by atoms with Crippen LogP contribution in [0.25, 0.3) is 0 Å². The van der Waals surface area contributed by atoms with E-state index >= 15 is 0 Å². The Morgan fingerprint density at radius 1 is 1.33 bits per heavy atom. The minimum atomic E-state index is -0.266. The van der Waals surface area contributed by atoms with Gasteiger partial charge in [0.15, 0.2) is 0 Å². The molecule has 3 aliphatic rings. The summed E-state index contributed by atoms with van der Waals surface area (Å²) in [5.41, 5.74) is 5.36. The van der Waals surface area contributed by atoms with Crippen LogP contribution < -0.4 is 10.2 Å². The molecule has 1 aliphatic carbocycles. The van der Waals surface area contributed by atoms with Crippen LogP contribution in [0.15, 0.2) is 6.07 Å². The summed E-state index contributed by atoms with van der Waals surface area (Å²) >= 11 is 0. The van der Waals surface area contributed by atoms with Gasteiger partial charge in [0.25, 0.3) is 0 Å². The summed E-state index contributed by atoms with van der Waals surface area (Å²) in [5.74, 6) is 0.892. The normalized spacial score (nSPS) is 22.2. The molecule has 0 spiro atoms. The van der Waals surface area contributed by atoms with Gasteiger partial charge >= 0.3 is 6.03 Å². The molecule has 7 heteroatoms. The summed E-state index contributed by atoms with van der Waals surface area (Å²) in [6.07, 6.45) is 3.19. The molecule has 1 saturated carbocycles. The van der Waals surface area contributed by atoms with Gasteiger partial charge in [-0.2, -0.15) is 5.26 Å². The van der Waals surface area contributed by atoms with Crippen molar-refractivity contribution < 1.29 is 14.3 Å². The van der Waals surface area contributed by atoms with Crippen LogP contribution >= 0.6 is 0 Å². The second-order valence-corrected chi connectivity index (χ2v) is 10.6. The molecule has 1 atom stereocenters. The number of hydrogen-bond donors (Lipinski definition) is 1. The van der Waals surface area contributed by atoms with Gasteiger partial charge in [0.1, 0.15) is 6.07 Å². The van der Waals surface area contributed by atoms with Gasteiger partial charge in [-0.15, -0.1) is 0 Å². The number of carbonyl (C=O) groups is 1. The number of amides is 2. The molecule has 2 amide bonds. The van der Waals surface area contributed by atoms with E-state index in [0.717, 1.165) is 30.8 Å². The van der Waals surface area contributed by atoms with Crippen molar-refractivity contribution >= 4 is 11.7 Å². The molecule has 2 fully saturated rings. The van der Waals surface area contributed by atoms with E-state index in [1.165, 1.54) is 29.5 Å². The van der Waals surface area contributed by atoms with Gasteiger partial charge in [0, 0.05) is 39.7 Å². The fourth-order valence-corrected chi connectivity index (χ4v) is 5.24. The standard InChI is InChI=1S/C26H38N4O3/c1-17(2)24-15-29(9-10-30(24)25(31)28-8-11-32-5)23-12-19(18-6-7-18)22-16-33-26(3,4)13-20(22)21(23)14-27/h12,17-18,24H,6-11,13,15-16H2,1-5H3,(H,28,31)/t24-/m0/s1. The van der Waals surface area contributed by atoms with Crippen molar-refractivity contribution in [3.63, 3.8) is 0 Å². The number of ether oxygens (including phenoxy) is 2. The lowest BCUT2D eigenvalue weighted by Gasteiger charge is -2.45. The predicted octanol–water partition coefficient (Wildman–Crippen LogP) is 3.79. The molecule has 0 bridgehead atoms. The minimum absolute atomic E-state index is 0.0334. The van der Waals surface area contributed by atoms with Crippen LogP contribution in [-0.4, -0.2) is 62.5 Å². The molecule has 2 heterocycles. The monoisotopic (exact) mass is 454 g/mol. The average molecular weight is 455 g/mol. The SMILES string of the molecule is COCCNC(=O)N1CCN(c2cc(C3CC3)c3c(c2C#N)CC(C)(C)OC3)C[C@H]1C(C)C. The Morgan fingerprint density at radius 3 is 2.73 bits per heavy atom. The largest absolute Gasteiger partial charge is 0.383 e. The number of hydrogen-bond acceptors (Lipinski definition) is 5. The Balaban J connectivity index is 1.65. The van der Waals surface area contributed by atoms with Crippen molar-refractivity contribution in [1.82, 2.24) is 10.2 Å². The first-order chi connectivity index (χ1) is 15.8. The maximum absolute atomic E-state index is 12.8. The number of fused-ring (bicyclic) bond motifs is 1. The van der Waals surface area contributed by atoms with Crippen molar-refractivity contribution in [3.05, 3.63) is 28.3 Å². The van der Waals surface area contributed by atoms with Gasteiger partial charge in [-0.25, -0.2) is 4.79 Å². The lowest BCUT2D eigenvalue weighted by Crippen LogP contribution is -2.59. The van der Waals surface area contributed by atoms with E-state index in [1.54, 1.807) is 7.11 Å². The first-order valence-corrected chi connectivity index (χ1v) is 12.3. The van der Waals surface area contributed by atoms with E-state index in [-0.39, 0.29) is 17.7 Å². The highest BCUT2D eigenvalue weighted by molar-refractivity contribution is 5.75. The summed E-state index contributed by atoms with van der Waals surface area (Å²) in [4.78, 5) is 17.1. The highest BCUT2D eigenvalue weighted by Gasteiger charge is 2.38. The fraction of sp³-hybridized carbons (Fsp3) is 0.692. The predicted molar refractivity (Wildman–Crippen MR) is 129 cm³/mol. The van der Waals surface area contributed by atoms with Crippen LogP contribution in [0.2, 0.25) is 0 Å². The maximum Gasteiger partial charge on any atom is 0.317 e. The molecule has 1 aromatic carbocycles. The van der Waals surface area contributed by atoms with Crippen molar-refractivity contribution in [2.24, 2.45) is 5.92 Å². The third-order valence-corrected chi connectivity index (χ3v) is 7.27. The molecule has 1 saturated heterocycles. The van der Waals surface area contributed by atoms with E-state index in [0.29, 0.717) is 38.1 Å². The lowest BCUT2D eigenvalue weighted by molar-refractivity contribution is -0.0405.